The number of aliphatic imine (C=N–C) groups is 1. The molecule has 0 aliphatic carbocycles. The van der Waals surface area contributed by atoms with Gasteiger partial charge in [-0.2, -0.15) is 0 Å². The van der Waals surface area contributed by atoms with Gasteiger partial charge >= 0.3 is 0 Å². The molecule has 2 N–H and O–H groups in total. The van der Waals surface area contributed by atoms with Crippen molar-refractivity contribution >= 4 is 17.3 Å². The van der Waals surface area contributed by atoms with E-state index in [0.717, 1.165) is 36.2 Å². The van der Waals surface area contributed by atoms with E-state index in [1.807, 2.05) is 0 Å². The Labute approximate surface area is 138 Å². The molecule has 0 aromatic carbocycles. The first kappa shape index (κ1) is 18.9. The summed E-state index contributed by atoms with van der Waals surface area (Å²) in [7, 11) is 1.71. The predicted octanol–water partition coefficient (Wildman–Crippen LogP) is 2.57. The number of rotatable bonds is 7. The van der Waals surface area contributed by atoms with Gasteiger partial charge in [-0.3, -0.25) is 4.99 Å². The van der Waals surface area contributed by atoms with Gasteiger partial charge in [-0.1, -0.05) is 20.8 Å². The van der Waals surface area contributed by atoms with Crippen molar-refractivity contribution in [1.29, 1.82) is 0 Å². The zero-order valence-corrected chi connectivity index (χ0v) is 15.5. The number of hydrogen-bond acceptors (Lipinski definition) is 4. The Balaban J connectivity index is 2.54. The Hall–Kier alpha value is -1.14. The number of thiazole rings is 1. The normalized spacial score (nSPS) is 14.0. The van der Waals surface area contributed by atoms with E-state index in [9.17, 15) is 0 Å². The second-order valence-corrected chi connectivity index (χ2v) is 7.33. The summed E-state index contributed by atoms with van der Waals surface area (Å²) in [5.41, 5.74) is 1.28. The maximum atomic E-state index is 5.14. The van der Waals surface area contributed by atoms with Gasteiger partial charge in [0.2, 0.25) is 0 Å². The molecule has 1 aromatic heterocycles. The number of nitrogens with zero attached hydrogens (tertiary/aromatic N) is 2. The van der Waals surface area contributed by atoms with Gasteiger partial charge < -0.3 is 15.4 Å². The predicted molar refractivity (Wildman–Crippen MR) is 95.0 cm³/mol. The summed E-state index contributed by atoms with van der Waals surface area (Å²) in [4.78, 5) is 9.31. The van der Waals surface area contributed by atoms with E-state index in [1.54, 1.807) is 18.4 Å². The highest BCUT2D eigenvalue weighted by atomic mass is 32.1. The van der Waals surface area contributed by atoms with E-state index in [2.05, 4.69) is 55.6 Å². The molecule has 0 bridgehead atoms. The van der Waals surface area contributed by atoms with Crippen molar-refractivity contribution in [3.63, 3.8) is 0 Å². The molecule has 1 rings (SSSR count). The summed E-state index contributed by atoms with van der Waals surface area (Å²) in [5.74, 6) is 0.833. The molecule has 0 aliphatic heterocycles. The van der Waals surface area contributed by atoms with E-state index in [0.29, 0.717) is 6.61 Å². The van der Waals surface area contributed by atoms with Gasteiger partial charge in [0, 0.05) is 43.5 Å². The van der Waals surface area contributed by atoms with E-state index in [4.69, 9.17) is 9.72 Å². The van der Waals surface area contributed by atoms with Crippen LogP contribution in [0.1, 0.15) is 45.3 Å². The summed E-state index contributed by atoms with van der Waals surface area (Å²) in [6, 6.07) is 0.232. The van der Waals surface area contributed by atoms with Crippen LogP contribution < -0.4 is 10.6 Å². The lowest BCUT2D eigenvalue weighted by Crippen LogP contribution is -2.44. The SMILES string of the molecule is CCNC(=NCCc1nc(C(C)(C)C)cs1)NC(C)COC. The fraction of sp³-hybridized carbons (Fsp3) is 0.750. The molecule has 0 amide bonds. The summed E-state index contributed by atoms with van der Waals surface area (Å²) in [6.07, 6.45) is 0.871. The fourth-order valence-electron chi connectivity index (χ4n) is 1.88. The molecule has 1 heterocycles. The van der Waals surface area contributed by atoms with Crippen LogP contribution in [-0.4, -0.2) is 43.8 Å². The van der Waals surface area contributed by atoms with Gasteiger partial charge in [-0.15, -0.1) is 11.3 Å². The lowest BCUT2D eigenvalue weighted by atomic mass is 9.93. The molecule has 6 heteroatoms. The first-order valence-electron chi connectivity index (χ1n) is 7.85. The minimum absolute atomic E-state index is 0.115. The molecule has 0 fully saturated rings. The van der Waals surface area contributed by atoms with Gasteiger partial charge in [0.1, 0.15) is 0 Å². The molecule has 1 aromatic rings. The first-order valence-corrected chi connectivity index (χ1v) is 8.73. The molecule has 0 saturated heterocycles. The number of methoxy groups -OCH3 is 1. The third-order valence-electron chi connectivity index (χ3n) is 3.06. The number of ether oxygens (including phenoxy) is 1. The highest BCUT2D eigenvalue weighted by Crippen LogP contribution is 2.23. The number of aromatic nitrogens is 1. The van der Waals surface area contributed by atoms with Gasteiger partial charge in [0.15, 0.2) is 5.96 Å². The van der Waals surface area contributed by atoms with Gasteiger partial charge in [0.25, 0.3) is 0 Å². The lowest BCUT2D eigenvalue weighted by molar-refractivity contribution is 0.179. The Kier molecular flexibility index (Phi) is 7.82. The zero-order valence-electron chi connectivity index (χ0n) is 14.7. The van der Waals surface area contributed by atoms with Crippen LogP contribution in [0.3, 0.4) is 0 Å². The van der Waals surface area contributed by atoms with Crippen LogP contribution in [0.15, 0.2) is 10.4 Å². The van der Waals surface area contributed by atoms with Crippen molar-refractivity contribution < 1.29 is 4.74 Å². The number of guanidine groups is 1. The molecule has 0 aliphatic rings. The second kappa shape index (κ2) is 9.10. The van der Waals surface area contributed by atoms with Crippen LogP contribution in [0.4, 0.5) is 0 Å². The molecule has 1 unspecified atom stereocenters. The molecule has 126 valence electrons. The number of nitrogens with one attached hydrogen (secondary N) is 2. The largest absolute Gasteiger partial charge is 0.383 e. The van der Waals surface area contributed by atoms with Gasteiger partial charge in [0.05, 0.1) is 17.3 Å². The molecular weight excluding hydrogens is 296 g/mol. The average molecular weight is 327 g/mol. The van der Waals surface area contributed by atoms with Crippen molar-refractivity contribution in [2.45, 2.75) is 52.5 Å². The Bertz CT molecular complexity index is 465. The topological polar surface area (TPSA) is 58.5 Å². The van der Waals surface area contributed by atoms with Crippen LogP contribution in [0.5, 0.6) is 0 Å². The number of hydrogen-bond donors (Lipinski definition) is 2. The highest BCUT2D eigenvalue weighted by Gasteiger charge is 2.17. The quantitative estimate of drug-likeness (QED) is 0.597. The maximum absolute atomic E-state index is 5.14. The van der Waals surface area contributed by atoms with Gasteiger partial charge in [-0.25, -0.2) is 4.98 Å². The summed E-state index contributed by atoms with van der Waals surface area (Å²) >= 11 is 1.72. The smallest absolute Gasteiger partial charge is 0.191 e. The van der Waals surface area contributed by atoms with Crippen LogP contribution in [-0.2, 0) is 16.6 Å². The summed E-state index contributed by atoms with van der Waals surface area (Å²) < 4.78 is 5.14. The standard InChI is InChI=1S/C16H30N4OS/c1-7-17-15(19-12(2)10-21-6)18-9-8-14-20-13(11-22-14)16(3,4)5/h11-12H,7-10H2,1-6H3,(H2,17,18,19). The minimum Gasteiger partial charge on any atom is -0.383 e. The maximum Gasteiger partial charge on any atom is 0.191 e. The fourth-order valence-corrected chi connectivity index (χ4v) is 2.89. The minimum atomic E-state index is 0.115. The summed E-state index contributed by atoms with van der Waals surface area (Å²) in [5, 5.41) is 9.89. The Morgan fingerprint density at radius 1 is 1.45 bits per heavy atom. The molecule has 0 spiro atoms. The van der Waals surface area contributed by atoms with Crippen molar-refractivity contribution in [2.75, 3.05) is 26.8 Å². The Morgan fingerprint density at radius 3 is 2.73 bits per heavy atom. The summed E-state index contributed by atoms with van der Waals surface area (Å²) in [6.45, 7) is 12.9. The zero-order chi connectivity index (χ0) is 16.6. The lowest BCUT2D eigenvalue weighted by Gasteiger charge is -2.16. The molecule has 0 saturated carbocycles. The van der Waals surface area contributed by atoms with Crippen molar-refractivity contribution in [2.24, 2.45) is 4.99 Å². The van der Waals surface area contributed by atoms with Crippen LogP contribution in [0.2, 0.25) is 0 Å². The third kappa shape index (κ3) is 6.75. The van der Waals surface area contributed by atoms with Crippen LogP contribution >= 0.6 is 11.3 Å². The monoisotopic (exact) mass is 326 g/mol. The van der Waals surface area contributed by atoms with Crippen molar-refractivity contribution in [3.05, 3.63) is 16.1 Å². The van der Waals surface area contributed by atoms with E-state index >= 15 is 0 Å². The Morgan fingerprint density at radius 2 is 2.18 bits per heavy atom. The third-order valence-corrected chi connectivity index (χ3v) is 3.97. The van der Waals surface area contributed by atoms with Gasteiger partial charge in [-0.05, 0) is 13.8 Å². The molecule has 0 radical (unpaired) electrons. The van der Waals surface area contributed by atoms with E-state index < -0.39 is 0 Å². The molecule has 5 nitrogen and oxygen atoms in total. The highest BCUT2D eigenvalue weighted by molar-refractivity contribution is 7.09. The van der Waals surface area contributed by atoms with Crippen molar-refractivity contribution in [3.8, 4) is 0 Å². The second-order valence-electron chi connectivity index (χ2n) is 6.39. The van der Waals surface area contributed by atoms with Crippen LogP contribution in [0, 0.1) is 0 Å². The van der Waals surface area contributed by atoms with E-state index in [1.165, 1.54) is 0 Å². The molecule has 1 atom stereocenters. The van der Waals surface area contributed by atoms with Crippen LogP contribution in [0.25, 0.3) is 0 Å². The van der Waals surface area contributed by atoms with E-state index in [-0.39, 0.29) is 11.5 Å². The molecular formula is C16H30N4OS. The van der Waals surface area contributed by atoms with Crippen molar-refractivity contribution in [1.82, 2.24) is 15.6 Å². The average Bonchev–Trinajstić information content (AvgIpc) is 2.88. The molecule has 22 heavy (non-hydrogen) atoms. The first-order chi connectivity index (χ1) is 10.4.